The molecule has 8 nitrogen and oxygen atoms in total. The summed E-state index contributed by atoms with van der Waals surface area (Å²) < 4.78 is 15.3. The molecule has 7 spiro atoms. The smallest absolute Gasteiger partial charge is 0.339 e. The maximum absolute atomic E-state index is 17.3. The van der Waals surface area contributed by atoms with Crippen molar-refractivity contribution in [2.75, 3.05) is 31.1 Å². The van der Waals surface area contributed by atoms with Crippen LogP contribution in [-0.2, 0) is 26.3 Å². The SMILES string of the molecule is CC1CC2=C3C4C5=C6C7CC14CC1CSSCC4CCCCC4C(C=C17)CC1C64C(=O)OC(=C(O)CC6C7CC8(CCCC8)C8(CCCC89CCCC9C#CCC8C9CC(CN86)C(CC2)N3C9)C7)C4(CC5)C12OC(=O)c1c(CCCN)cccc12. The van der Waals surface area contributed by atoms with Crippen LogP contribution in [0.4, 0.5) is 0 Å². The van der Waals surface area contributed by atoms with Crippen molar-refractivity contribution in [3.63, 3.8) is 0 Å². The number of carbonyl (C=O) groups is 2. The van der Waals surface area contributed by atoms with E-state index in [-0.39, 0.29) is 52.5 Å². The van der Waals surface area contributed by atoms with Gasteiger partial charge < -0.3 is 25.2 Å². The van der Waals surface area contributed by atoms with Crippen molar-refractivity contribution in [1.29, 1.82) is 0 Å². The maximum Gasteiger partial charge on any atom is 0.339 e. The second-order valence-electron chi connectivity index (χ2n) is 33.3. The zero-order valence-corrected chi connectivity index (χ0v) is 52.5. The van der Waals surface area contributed by atoms with E-state index in [0.29, 0.717) is 113 Å². The Morgan fingerprint density at radius 1 is 0.824 bits per heavy atom. The van der Waals surface area contributed by atoms with Gasteiger partial charge in [0, 0.05) is 90.5 Å². The molecule has 14 bridgehead atoms. The number of benzene rings is 1. The fourth-order valence-corrected chi connectivity index (χ4v) is 32.1. The topological polar surface area (TPSA) is 105 Å². The van der Waals surface area contributed by atoms with Gasteiger partial charge in [-0.25, -0.2) is 4.79 Å². The number of hydrogen-bond acceptors (Lipinski definition) is 10. The van der Waals surface area contributed by atoms with E-state index in [2.05, 4.69) is 74.4 Å². The molecule has 85 heavy (non-hydrogen) atoms. The van der Waals surface area contributed by atoms with Crippen molar-refractivity contribution in [2.24, 2.45) is 109 Å². The summed E-state index contributed by atoms with van der Waals surface area (Å²) in [4.78, 5) is 39.4. The number of aryl methyl sites for hydroxylation is 1. The first kappa shape index (κ1) is 52.7. The molecule has 3 N–H and O–H groups in total. The van der Waals surface area contributed by atoms with Crippen molar-refractivity contribution in [2.45, 2.75) is 217 Å². The minimum Gasteiger partial charge on any atom is -0.509 e. The number of allylic oxidation sites excluding steroid dienone is 4. The highest BCUT2D eigenvalue weighted by Gasteiger charge is 2.94. The van der Waals surface area contributed by atoms with Crippen molar-refractivity contribution in [1.82, 2.24) is 9.80 Å². The second-order valence-corrected chi connectivity index (χ2v) is 35.8. The van der Waals surface area contributed by atoms with Crippen LogP contribution in [0.1, 0.15) is 208 Å². The molecule has 1 aromatic rings. The zero-order valence-electron chi connectivity index (χ0n) is 50.9. The number of ether oxygens (including phenoxy) is 2. The van der Waals surface area contributed by atoms with Gasteiger partial charge in [0.05, 0.1) is 11.0 Å². The highest BCUT2D eigenvalue weighted by molar-refractivity contribution is 8.76. The van der Waals surface area contributed by atoms with Crippen LogP contribution < -0.4 is 5.73 Å². The van der Waals surface area contributed by atoms with E-state index < -0.39 is 16.4 Å². The van der Waals surface area contributed by atoms with Crippen LogP contribution in [-0.4, -0.2) is 76.1 Å². The summed E-state index contributed by atoms with van der Waals surface area (Å²) in [5.74, 6) is 15.7. The Labute approximate surface area is 514 Å². The molecule has 20 rings (SSSR count). The predicted octanol–water partition coefficient (Wildman–Crippen LogP) is 14.9. The fourth-order valence-electron chi connectivity index (χ4n) is 29.3. The summed E-state index contributed by atoms with van der Waals surface area (Å²) in [5.41, 5.74) is 14.8. The normalized spacial score (nSPS) is 50.2. The molecule has 7 saturated carbocycles. The molecule has 10 fully saturated rings. The number of nitrogens with two attached hydrogens (primary N) is 1. The molecule has 11 aliphatic carbocycles. The third kappa shape index (κ3) is 6.03. The maximum atomic E-state index is 17.3. The summed E-state index contributed by atoms with van der Waals surface area (Å²) in [6, 6.07) is 7.51. The molecule has 1 aromatic carbocycles. The van der Waals surface area contributed by atoms with Crippen molar-refractivity contribution < 1.29 is 24.2 Å². The molecular weight excluding hydrogens is 1090 g/mol. The first-order chi connectivity index (χ1) is 41.6. The number of hydrogen-bond donors (Lipinski definition) is 2. The number of fused-ring (bicyclic) bond motifs is 11. The lowest BCUT2D eigenvalue weighted by Crippen LogP contribution is -2.78. The van der Waals surface area contributed by atoms with Crippen LogP contribution in [0.5, 0.6) is 0 Å². The Hall–Kier alpha value is -3.10. The largest absolute Gasteiger partial charge is 0.509 e. The van der Waals surface area contributed by atoms with E-state index >= 15 is 9.59 Å². The van der Waals surface area contributed by atoms with Gasteiger partial charge in [0.2, 0.25) is 0 Å². The van der Waals surface area contributed by atoms with E-state index in [1.807, 2.05) is 0 Å². The van der Waals surface area contributed by atoms with Gasteiger partial charge in [0.25, 0.3) is 0 Å². The van der Waals surface area contributed by atoms with Crippen LogP contribution in [0, 0.1) is 115 Å². The summed E-state index contributed by atoms with van der Waals surface area (Å²) in [6.45, 7) is 5.43. The quantitative estimate of drug-likeness (QED) is 0.132. The highest BCUT2D eigenvalue weighted by atomic mass is 33.1. The van der Waals surface area contributed by atoms with E-state index in [0.717, 1.165) is 62.1 Å². The Morgan fingerprint density at radius 3 is 2.60 bits per heavy atom. The lowest BCUT2D eigenvalue weighted by molar-refractivity contribution is -0.284. The van der Waals surface area contributed by atoms with Crippen LogP contribution >= 0.6 is 21.6 Å². The van der Waals surface area contributed by atoms with E-state index in [1.54, 1.807) is 22.4 Å². The van der Waals surface area contributed by atoms with Gasteiger partial charge in [0.15, 0.2) is 11.4 Å². The molecule has 10 heteroatoms. The summed E-state index contributed by atoms with van der Waals surface area (Å²) >= 11 is 0. The molecule has 3 saturated heterocycles. The Morgan fingerprint density at radius 2 is 1.69 bits per heavy atom. The second kappa shape index (κ2) is 17.9. The van der Waals surface area contributed by atoms with Crippen LogP contribution in [0.2, 0.25) is 0 Å². The molecule has 8 heterocycles. The molecule has 450 valence electrons. The predicted molar refractivity (Wildman–Crippen MR) is 333 cm³/mol. The molecule has 0 radical (unpaired) electrons. The van der Waals surface area contributed by atoms with Gasteiger partial charge in [-0.2, -0.15) is 0 Å². The van der Waals surface area contributed by atoms with Gasteiger partial charge in [0.1, 0.15) is 11.2 Å². The first-order valence-corrected chi connectivity index (χ1v) is 38.2. The Kier molecular flexibility index (Phi) is 11.1. The van der Waals surface area contributed by atoms with Gasteiger partial charge in [-0.15, -0.1) is 5.92 Å². The van der Waals surface area contributed by atoms with Crippen molar-refractivity contribution in [3.05, 3.63) is 80.5 Å². The van der Waals surface area contributed by atoms with Gasteiger partial charge in [-0.1, -0.05) is 114 Å². The lowest BCUT2D eigenvalue weighted by atomic mass is 9.26. The molecular formula is C75H93N3O5S2. The van der Waals surface area contributed by atoms with Crippen molar-refractivity contribution in [3.8, 4) is 11.8 Å². The average Bonchev–Trinajstić information content (AvgIpc) is 1.59. The average molecular weight is 1180 g/mol. The number of esters is 2. The van der Waals surface area contributed by atoms with E-state index in [1.165, 1.54) is 146 Å². The standard InChI is InChI=1S/C75H93N3O5S2/c1-42-29-44-19-20-58-47-30-48-39-78(58)65(44)64-53-21-27-73-66(60(79)33-59-49-34-69(22-4-5-23-69)72(36-49)26-10-25-71(72)24-8-15-51(71)14-7-18-57(48)77(59)38-47)82-68(81)74(73)61(75(73)56-17-6-12-43(13-9-28-76)62(56)67(80)83-75)32-46-31-54-50(35-70(42,64)37-55(54)63(53)74)41-85-84-40-45-11-2-3-16-52(45)46/h6,12,17,31,42,45-52,55,57-59,61,64,79H,2-5,8-11,13,15-16,18-30,32-41,76H2,1H3. The summed E-state index contributed by atoms with van der Waals surface area (Å²) in [7, 11) is 4.37. The van der Waals surface area contributed by atoms with Gasteiger partial charge in [-0.3, -0.25) is 9.69 Å². The number of carbonyl (C=O) groups excluding carboxylic acids is 2. The lowest BCUT2D eigenvalue weighted by Gasteiger charge is -2.75. The number of aliphatic hydroxyl groups excluding tert-OH is 1. The zero-order chi connectivity index (χ0) is 56.4. The van der Waals surface area contributed by atoms with Crippen molar-refractivity contribution >= 4 is 33.5 Å². The summed E-state index contributed by atoms with van der Waals surface area (Å²) in [6.07, 6.45) is 36.4. The van der Waals surface area contributed by atoms with E-state index in [9.17, 15) is 5.11 Å². The molecule has 8 aliphatic heterocycles. The fraction of sp³-hybridized carbons (Fsp3) is 0.760. The van der Waals surface area contributed by atoms with Crippen LogP contribution in [0.3, 0.4) is 0 Å². The Balaban J connectivity index is 0.880. The Bertz CT molecular complexity index is 3360. The molecule has 0 amide bonds. The highest BCUT2D eigenvalue weighted by Crippen LogP contribution is 2.90. The third-order valence-corrected chi connectivity index (χ3v) is 34.1. The minimum atomic E-state index is -1.18. The van der Waals surface area contributed by atoms with Crippen LogP contribution in [0.15, 0.2) is 63.8 Å². The van der Waals surface area contributed by atoms with E-state index in [4.69, 9.17) is 15.2 Å². The summed E-state index contributed by atoms with van der Waals surface area (Å²) in [5, 5.41) is 14.5. The third-order valence-electron chi connectivity index (χ3n) is 31.5. The minimum absolute atomic E-state index is 0.0759. The number of rotatable bonds is 3. The molecule has 19 aliphatic rings. The van der Waals surface area contributed by atoms with Gasteiger partial charge >= 0.3 is 11.9 Å². The number of aliphatic hydroxyl groups is 1. The first-order valence-electron chi connectivity index (χ1n) is 35.7. The molecule has 21 atom stereocenters. The van der Waals surface area contributed by atoms with Gasteiger partial charge in [-0.05, 0) is 222 Å². The monoisotopic (exact) mass is 1180 g/mol. The van der Waals surface area contributed by atoms with Crippen LogP contribution in [0.25, 0.3) is 0 Å². The number of nitrogens with zero attached hydrogens (tertiary/aromatic N) is 2. The number of piperidine rings is 2. The molecule has 0 aromatic heterocycles. The molecule has 21 unspecified atom stereocenters.